The van der Waals surface area contributed by atoms with Crippen LogP contribution in [0.1, 0.15) is 19.4 Å². The molecule has 0 unspecified atom stereocenters. The number of benzene rings is 1. The fraction of sp³-hybridized carbons (Fsp3) is 0.278. The predicted octanol–water partition coefficient (Wildman–Crippen LogP) is 3.80. The van der Waals surface area contributed by atoms with Gasteiger partial charge >= 0.3 is 0 Å². The Hall–Kier alpha value is -2.34. The highest BCUT2D eigenvalue weighted by atomic mass is 32.2. The molecule has 1 aromatic carbocycles. The summed E-state index contributed by atoms with van der Waals surface area (Å²) in [6, 6.07) is 10.8. The van der Waals surface area contributed by atoms with Crippen LogP contribution >= 0.6 is 0 Å². The van der Waals surface area contributed by atoms with Crippen LogP contribution < -0.4 is 4.72 Å². The van der Waals surface area contributed by atoms with E-state index in [9.17, 15) is 8.42 Å². The summed E-state index contributed by atoms with van der Waals surface area (Å²) in [5, 5.41) is 0.637. The van der Waals surface area contributed by atoms with Crippen LogP contribution in [0.2, 0.25) is 0 Å². The first-order valence-corrected chi connectivity index (χ1v) is 9.38. The van der Waals surface area contributed by atoms with E-state index in [0.717, 1.165) is 5.56 Å². The molecule has 3 aromatic rings. The number of pyridine rings is 1. The van der Waals surface area contributed by atoms with Crippen LogP contribution in [0.4, 0.5) is 5.69 Å². The van der Waals surface area contributed by atoms with Crippen molar-refractivity contribution in [3.63, 3.8) is 0 Å². The zero-order valence-corrected chi connectivity index (χ0v) is 14.8. The zero-order chi connectivity index (χ0) is 17.3. The molecule has 0 aliphatic heterocycles. The van der Waals surface area contributed by atoms with E-state index in [0.29, 0.717) is 29.2 Å². The standard InChI is InChI=1S/C18H21N3O2S/c1-13(2)11-21-12-17(16-5-4-10-19-18(16)21)24(22,23)20-15-8-6-14(3)7-9-15/h4-10,12-13,20H,11H2,1-3H3. The fourth-order valence-electron chi connectivity index (χ4n) is 2.67. The second-order valence-corrected chi connectivity index (χ2v) is 8.04. The van der Waals surface area contributed by atoms with E-state index < -0.39 is 10.0 Å². The third-order valence-electron chi connectivity index (χ3n) is 3.75. The maximum atomic E-state index is 12.8. The SMILES string of the molecule is Cc1ccc(NS(=O)(=O)c2cn(CC(C)C)c3ncccc23)cc1. The molecule has 0 spiro atoms. The van der Waals surface area contributed by atoms with Gasteiger partial charge in [-0.25, -0.2) is 13.4 Å². The van der Waals surface area contributed by atoms with Gasteiger partial charge in [0.1, 0.15) is 10.5 Å². The molecule has 126 valence electrons. The summed E-state index contributed by atoms with van der Waals surface area (Å²) in [5.41, 5.74) is 2.32. The summed E-state index contributed by atoms with van der Waals surface area (Å²) in [7, 11) is -3.68. The Morgan fingerprint density at radius 2 is 1.88 bits per heavy atom. The van der Waals surface area contributed by atoms with Gasteiger partial charge < -0.3 is 4.57 Å². The van der Waals surface area contributed by atoms with Crippen molar-refractivity contribution in [1.82, 2.24) is 9.55 Å². The Morgan fingerprint density at radius 3 is 2.54 bits per heavy atom. The van der Waals surface area contributed by atoms with Gasteiger partial charge in [-0.05, 0) is 37.1 Å². The van der Waals surface area contributed by atoms with Gasteiger partial charge in [0, 0.05) is 30.0 Å². The van der Waals surface area contributed by atoms with E-state index in [4.69, 9.17) is 0 Å². The molecule has 0 saturated carbocycles. The molecule has 0 saturated heterocycles. The number of fused-ring (bicyclic) bond motifs is 1. The van der Waals surface area contributed by atoms with Crippen molar-refractivity contribution in [1.29, 1.82) is 0 Å². The summed E-state index contributed by atoms with van der Waals surface area (Å²) in [5.74, 6) is 0.392. The molecule has 0 bridgehead atoms. The lowest BCUT2D eigenvalue weighted by atomic mass is 10.2. The molecule has 3 rings (SSSR count). The normalized spacial score (nSPS) is 12.0. The third kappa shape index (κ3) is 3.28. The molecule has 5 nitrogen and oxygen atoms in total. The van der Waals surface area contributed by atoms with Crippen molar-refractivity contribution in [2.75, 3.05) is 4.72 Å². The van der Waals surface area contributed by atoms with Crippen molar-refractivity contribution in [3.05, 3.63) is 54.4 Å². The Bertz CT molecular complexity index is 958. The summed E-state index contributed by atoms with van der Waals surface area (Å²) in [4.78, 5) is 4.61. The largest absolute Gasteiger partial charge is 0.331 e. The third-order valence-corrected chi connectivity index (χ3v) is 5.16. The number of anilines is 1. The number of sulfonamides is 1. The van der Waals surface area contributed by atoms with E-state index in [2.05, 4.69) is 23.6 Å². The summed E-state index contributed by atoms with van der Waals surface area (Å²) < 4.78 is 30.3. The molecular weight excluding hydrogens is 322 g/mol. The lowest BCUT2D eigenvalue weighted by Crippen LogP contribution is -2.12. The summed E-state index contributed by atoms with van der Waals surface area (Å²) >= 11 is 0. The van der Waals surface area contributed by atoms with Crippen molar-refractivity contribution in [2.24, 2.45) is 5.92 Å². The second kappa shape index (κ2) is 6.28. The monoisotopic (exact) mass is 343 g/mol. The number of nitrogens with one attached hydrogen (secondary N) is 1. The summed E-state index contributed by atoms with van der Waals surface area (Å²) in [6.07, 6.45) is 3.36. The van der Waals surface area contributed by atoms with Gasteiger partial charge in [0.2, 0.25) is 0 Å². The molecule has 0 fully saturated rings. The zero-order valence-electron chi connectivity index (χ0n) is 14.0. The van der Waals surface area contributed by atoms with E-state index in [1.165, 1.54) is 0 Å². The number of hydrogen-bond acceptors (Lipinski definition) is 3. The molecule has 0 radical (unpaired) electrons. The minimum absolute atomic E-state index is 0.256. The Kier molecular flexibility index (Phi) is 4.32. The number of aromatic nitrogens is 2. The van der Waals surface area contributed by atoms with E-state index in [-0.39, 0.29) is 4.90 Å². The Labute approximate surface area is 142 Å². The van der Waals surface area contributed by atoms with E-state index in [1.54, 1.807) is 36.7 Å². The highest BCUT2D eigenvalue weighted by Gasteiger charge is 2.22. The molecule has 0 aliphatic carbocycles. The molecule has 0 atom stereocenters. The molecule has 0 aliphatic rings. The van der Waals surface area contributed by atoms with Gasteiger partial charge in [-0.15, -0.1) is 0 Å². The van der Waals surface area contributed by atoms with Gasteiger partial charge in [0.25, 0.3) is 10.0 Å². The van der Waals surface area contributed by atoms with Crippen LogP contribution in [0, 0.1) is 12.8 Å². The van der Waals surface area contributed by atoms with Gasteiger partial charge in [0.05, 0.1) is 0 Å². The van der Waals surface area contributed by atoms with E-state index in [1.807, 2.05) is 23.6 Å². The van der Waals surface area contributed by atoms with Crippen LogP contribution in [0.15, 0.2) is 53.7 Å². The van der Waals surface area contributed by atoms with Crippen molar-refractivity contribution >= 4 is 26.7 Å². The van der Waals surface area contributed by atoms with Gasteiger partial charge in [0.15, 0.2) is 0 Å². The maximum Gasteiger partial charge on any atom is 0.264 e. The van der Waals surface area contributed by atoms with Crippen molar-refractivity contribution < 1.29 is 8.42 Å². The van der Waals surface area contributed by atoms with E-state index >= 15 is 0 Å². The topological polar surface area (TPSA) is 64.0 Å². The number of nitrogens with zero attached hydrogens (tertiary/aromatic N) is 2. The molecule has 0 amide bonds. The average Bonchev–Trinajstić information content (AvgIpc) is 2.89. The molecular formula is C18H21N3O2S. The van der Waals surface area contributed by atoms with Crippen LogP contribution in [-0.2, 0) is 16.6 Å². The van der Waals surface area contributed by atoms with Crippen molar-refractivity contribution in [3.8, 4) is 0 Å². The average molecular weight is 343 g/mol. The molecule has 1 N–H and O–H groups in total. The highest BCUT2D eigenvalue weighted by Crippen LogP contribution is 2.26. The Balaban J connectivity index is 2.05. The Morgan fingerprint density at radius 1 is 1.17 bits per heavy atom. The lowest BCUT2D eigenvalue weighted by Gasteiger charge is -2.08. The molecule has 6 heteroatoms. The number of rotatable bonds is 5. The lowest BCUT2D eigenvalue weighted by molar-refractivity contribution is 0.530. The maximum absolute atomic E-state index is 12.8. The number of hydrogen-bond donors (Lipinski definition) is 1. The van der Waals surface area contributed by atoms with Crippen molar-refractivity contribution in [2.45, 2.75) is 32.2 Å². The van der Waals surface area contributed by atoms with Crippen LogP contribution in [0.25, 0.3) is 11.0 Å². The molecule has 2 heterocycles. The molecule has 2 aromatic heterocycles. The second-order valence-electron chi connectivity index (χ2n) is 6.39. The first-order chi connectivity index (χ1) is 11.4. The predicted molar refractivity (Wildman–Crippen MR) is 96.6 cm³/mol. The minimum Gasteiger partial charge on any atom is -0.331 e. The minimum atomic E-state index is -3.68. The summed E-state index contributed by atoms with van der Waals surface area (Å²) in [6.45, 7) is 6.86. The fourth-order valence-corrected chi connectivity index (χ4v) is 3.94. The quantitative estimate of drug-likeness (QED) is 0.766. The van der Waals surface area contributed by atoms with Gasteiger partial charge in [-0.2, -0.15) is 0 Å². The van der Waals surface area contributed by atoms with Crippen LogP contribution in [-0.4, -0.2) is 18.0 Å². The first-order valence-electron chi connectivity index (χ1n) is 7.90. The number of aryl methyl sites for hydroxylation is 1. The smallest absolute Gasteiger partial charge is 0.264 e. The van der Waals surface area contributed by atoms with Crippen LogP contribution in [0.5, 0.6) is 0 Å². The highest BCUT2D eigenvalue weighted by molar-refractivity contribution is 7.93. The van der Waals surface area contributed by atoms with Gasteiger partial charge in [-0.1, -0.05) is 31.5 Å². The first kappa shape index (κ1) is 16.5. The molecule has 24 heavy (non-hydrogen) atoms. The van der Waals surface area contributed by atoms with Crippen LogP contribution in [0.3, 0.4) is 0 Å². The van der Waals surface area contributed by atoms with Gasteiger partial charge in [-0.3, -0.25) is 4.72 Å².